The number of aromatic nitrogens is 1. The minimum absolute atomic E-state index is 0.0208. The van der Waals surface area contributed by atoms with Crippen molar-refractivity contribution in [2.75, 3.05) is 6.61 Å². The fourth-order valence-electron chi connectivity index (χ4n) is 3.79. The second-order valence-corrected chi connectivity index (χ2v) is 7.25. The van der Waals surface area contributed by atoms with Crippen LogP contribution in [0.4, 0.5) is 5.69 Å². The average Bonchev–Trinajstić information content (AvgIpc) is 3.25. The average molecular weight is 420 g/mol. The van der Waals surface area contributed by atoms with Gasteiger partial charge in [-0.05, 0) is 48.6 Å². The van der Waals surface area contributed by atoms with Crippen molar-refractivity contribution in [3.05, 3.63) is 81.7 Å². The van der Waals surface area contributed by atoms with Gasteiger partial charge in [0.15, 0.2) is 6.61 Å². The molecule has 2 aromatic carbocycles. The summed E-state index contributed by atoms with van der Waals surface area (Å²) < 4.78 is 11.0. The van der Waals surface area contributed by atoms with Crippen LogP contribution in [0, 0.1) is 10.1 Å². The van der Waals surface area contributed by atoms with Gasteiger partial charge in [-0.1, -0.05) is 24.3 Å². The Labute approximate surface area is 178 Å². The van der Waals surface area contributed by atoms with Crippen LogP contribution >= 0.6 is 0 Å². The van der Waals surface area contributed by atoms with E-state index in [1.54, 1.807) is 18.2 Å². The molecule has 0 aliphatic heterocycles. The molecule has 0 radical (unpaired) electrons. The van der Waals surface area contributed by atoms with E-state index in [0.717, 1.165) is 30.4 Å². The predicted octanol–water partition coefficient (Wildman–Crippen LogP) is 4.85. The highest BCUT2D eigenvalue weighted by atomic mass is 16.6. The number of carboxylic acid groups (broad SMARTS) is 1. The summed E-state index contributed by atoms with van der Waals surface area (Å²) in [5, 5.41) is 19.9. The van der Waals surface area contributed by atoms with Crippen LogP contribution in [-0.4, -0.2) is 27.6 Å². The Hall–Kier alpha value is -3.94. The van der Waals surface area contributed by atoms with E-state index in [1.807, 2.05) is 24.3 Å². The first-order valence-corrected chi connectivity index (χ1v) is 9.86. The van der Waals surface area contributed by atoms with Crippen LogP contribution in [0.25, 0.3) is 17.5 Å². The third-order valence-electron chi connectivity index (χ3n) is 5.19. The number of rotatable bonds is 7. The minimum Gasteiger partial charge on any atom is -0.482 e. The number of aliphatic carboxylic acids is 1. The first-order valence-electron chi connectivity index (χ1n) is 9.86. The van der Waals surface area contributed by atoms with Crippen LogP contribution in [0.3, 0.4) is 0 Å². The zero-order valence-electron chi connectivity index (χ0n) is 16.6. The lowest BCUT2D eigenvalue weighted by molar-refractivity contribution is -0.384. The van der Waals surface area contributed by atoms with E-state index in [0.29, 0.717) is 22.9 Å². The maximum Gasteiger partial charge on any atom is 0.341 e. The summed E-state index contributed by atoms with van der Waals surface area (Å²) in [6.45, 7) is -0.365. The molecule has 4 rings (SSSR count). The molecule has 0 fully saturated rings. The predicted molar refractivity (Wildman–Crippen MR) is 113 cm³/mol. The molecule has 8 heteroatoms. The Kier molecular flexibility index (Phi) is 5.79. The lowest BCUT2D eigenvalue weighted by Crippen LogP contribution is -2.14. The number of oxazole rings is 1. The number of nitrogens with zero attached hydrogens (tertiary/aromatic N) is 2. The second kappa shape index (κ2) is 8.83. The number of ether oxygens (including phenoxy) is 1. The van der Waals surface area contributed by atoms with Crippen LogP contribution < -0.4 is 4.74 Å². The number of non-ortho nitro benzene ring substituents is 1. The number of fused-ring (bicyclic) bond motifs is 1. The number of nitro benzene ring substituents is 1. The largest absolute Gasteiger partial charge is 0.482 e. The molecule has 1 unspecified atom stereocenters. The third kappa shape index (κ3) is 4.63. The summed E-state index contributed by atoms with van der Waals surface area (Å²) in [5.74, 6) is 0.0784. The number of benzene rings is 2. The summed E-state index contributed by atoms with van der Waals surface area (Å²) in [5.41, 5.74) is 3.30. The molecule has 1 heterocycles. The van der Waals surface area contributed by atoms with Gasteiger partial charge in [0.2, 0.25) is 5.89 Å². The molecule has 0 spiro atoms. The molecule has 1 aliphatic carbocycles. The zero-order chi connectivity index (χ0) is 21.8. The Morgan fingerprint density at radius 3 is 2.97 bits per heavy atom. The van der Waals surface area contributed by atoms with Gasteiger partial charge in [0.25, 0.3) is 5.69 Å². The normalized spacial score (nSPS) is 15.5. The van der Waals surface area contributed by atoms with E-state index in [-0.39, 0.29) is 18.2 Å². The summed E-state index contributed by atoms with van der Waals surface area (Å²) in [7, 11) is 0. The zero-order valence-corrected chi connectivity index (χ0v) is 16.6. The van der Waals surface area contributed by atoms with Crippen molar-refractivity contribution in [1.82, 2.24) is 4.98 Å². The van der Waals surface area contributed by atoms with Crippen molar-refractivity contribution in [1.29, 1.82) is 0 Å². The van der Waals surface area contributed by atoms with Gasteiger partial charge in [0.05, 0.1) is 4.92 Å². The van der Waals surface area contributed by atoms with Gasteiger partial charge in [-0.2, -0.15) is 0 Å². The molecule has 0 saturated carbocycles. The summed E-state index contributed by atoms with van der Waals surface area (Å²) in [6, 6.07) is 11.9. The number of carboxylic acids is 1. The fraction of sp³-hybridized carbons (Fsp3) is 0.217. The van der Waals surface area contributed by atoms with Crippen LogP contribution in [-0.2, 0) is 11.2 Å². The van der Waals surface area contributed by atoms with Crippen molar-refractivity contribution in [3.63, 3.8) is 0 Å². The lowest BCUT2D eigenvalue weighted by Gasteiger charge is -2.25. The van der Waals surface area contributed by atoms with Gasteiger partial charge < -0.3 is 14.3 Å². The molecule has 31 heavy (non-hydrogen) atoms. The van der Waals surface area contributed by atoms with E-state index >= 15 is 0 Å². The van der Waals surface area contributed by atoms with Gasteiger partial charge in [0, 0.05) is 23.6 Å². The first kappa shape index (κ1) is 20.3. The van der Waals surface area contributed by atoms with Crippen LogP contribution in [0.1, 0.15) is 35.6 Å². The standard InChI is InChI=1S/C23H20N2O6/c26-22(27)14-30-21-9-3-7-19-15(4-2-8-20(19)21)10-11-17-13-31-23(24-17)16-5-1-6-18(12-16)25(28)29/h1,3,5-7,9-13,15H,2,4,8,14H2,(H,26,27). The molecule has 0 amide bonds. The minimum atomic E-state index is -1.00. The molecule has 0 bridgehead atoms. The Balaban J connectivity index is 1.53. The SMILES string of the molecule is O=C(O)COc1cccc2c1CCCC2C=Cc1coc(-c2cccc([N+](=O)[O-])c2)n1. The van der Waals surface area contributed by atoms with Gasteiger partial charge in [-0.3, -0.25) is 10.1 Å². The van der Waals surface area contributed by atoms with E-state index in [9.17, 15) is 14.9 Å². The highest BCUT2D eigenvalue weighted by molar-refractivity contribution is 5.68. The highest BCUT2D eigenvalue weighted by Gasteiger charge is 2.21. The second-order valence-electron chi connectivity index (χ2n) is 7.25. The lowest BCUT2D eigenvalue weighted by atomic mass is 9.82. The maximum atomic E-state index is 11.0. The molecule has 0 saturated heterocycles. The summed E-state index contributed by atoms with van der Waals surface area (Å²) in [4.78, 5) is 25.8. The highest BCUT2D eigenvalue weighted by Crippen LogP contribution is 2.37. The maximum absolute atomic E-state index is 11.0. The Morgan fingerprint density at radius 2 is 2.16 bits per heavy atom. The molecule has 1 aromatic heterocycles. The molecule has 8 nitrogen and oxygen atoms in total. The third-order valence-corrected chi connectivity index (χ3v) is 5.19. The van der Waals surface area contributed by atoms with Crippen molar-refractivity contribution in [2.24, 2.45) is 0 Å². The molecule has 1 atom stereocenters. The van der Waals surface area contributed by atoms with Gasteiger partial charge in [0.1, 0.15) is 17.7 Å². The first-order chi connectivity index (χ1) is 15.0. The van der Waals surface area contributed by atoms with E-state index in [4.69, 9.17) is 14.3 Å². The molecule has 158 valence electrons. The van der Waals surface area contributed by atoms with Gasteiger partial charge >= 0.3 is 5.97 Å². The molecular formula is C23H20N2O6. The Morgan fingerprint density at radius 1 is 1.32 bits per heavy atom. The van der Waals surface area contributed by atoms with Crippen LogP contribution in [0.5, 0.6) is 5.75 Å². The Bertz CT molecular complexity index is 1150. The van der Waals surface area contributed by atoms with Crippen molar-refractivity contribution in [2.45, 2.75) is 25.2 Å². The van der Waals surface area contributed by atoms with Crippen LogP contribution in [0.15, 0.2) is 59.2 Å². The summed E-state index contributed by atoms with van der Waals surface area (Å²) in [6.07, 6.45) is 8.20. The monoisotopic (exact) mass is 420 g/mol. The number of nitro groups is 1. The van der Waals surface area contributed by atoms with Crippen molar-refractivity contribution < 1.29 is 24.0 Å². The number of allylic oxidation sites excluding steroid dienone is 1. The number of carbonyl (C=O) groups is 1. The molecule has 3 aromatic rings. The van der Waals surface area contributed by atoms with Crippen molar-refractivity contribution >= 4 is 17.7 Å². The van der Waals surface area contributed by atoms with Gasteiger partial charge in [-0.25, -0.2) is 9.78 Å². The van der Waals surface area contributed by atoms with Crippen molar-refractivity contribution in [3.8, 4) is 17.2 Å². The molecule has 1 N–H and O–H groups in total. The molecule has 1 aliphatic rings. The quantitative estimate of drug-likeness (QED) is 0.429. The van der Waals surface area contributed by atoms with Crippen LogP contribution in [0.2, 0.25) is 0 Å². The van der Waals surface area contributed by atoms with Gasteiger partial charge in [-0.15, -0.1) is 0 Å². The van der Waals surface area contributed by atoms with E-state index < -0.39 is 10.9 Å². The number of hydrogen-bond acceptors (Lipinski definition) is 6. The topological polar surface area (TPSA) is 116 Å². The molecular weight excluding hydrogens is 400 g/mol. The number of hydrogen-bond donors (Lipinski definition) is 1. The summed E-state index contributed by atoms with van der Waals surface area (Å²) >= 11 is 0. The smallest absolute Gasteiger partial charge is 0.341 e. The van der Waals surface area contributed by atoms with E-state index in [2.05, 4.69) is 4.98 Å². The van der Waals surface area contributed by atoms with E-state index in [1.165, 1.54) is 18.4 Å². The fourth-order valence-corrected chi connectivity index (χ4v) is 3.79.